The first-order valence-corrected chi connectivity index (χ1v) is 4.64. The Bertz CT molecular complexity index is 335. The van der Waals surface area contributed by atoms with Crippen molar-refractivity contribution >= 4 is 6.21 Å². The topological polar surface area (TPSA) is 26.1 Å². The molecule has 1 rings (SSSR count). The minimum atomic E-state index is 0.407. The third-order valence-corrected chi connectivity index (χ3v) is 1.76. The molecule has 0 saturated carbocycles. The molecule has 2 nitrogen and oxygen atoms in total. The maximum Gasteiger partial charge on any atom is 0.178 e. The smallest absolute Gasteiger partial charge is 0.178 e. The highest BCUT2D eigenvalue weighted by molar-refractivity contribution is 5.67. The number of benzene rings is 1. The van der Waals surface area contributed by atoms with Crippen LogP contribution in [0.2, 0.25) is 0 Å². The fourth-order valence-corrected chi connectivity index (χ4v) is 1.05. The highest BCUT2D eigenvalue weighted by Crippen LogP contribution is 1.99. The van der Waals surface area contributed by atoms with Gasteiger partial charge in [-0.2, -0.15) is 0 Å². The zero-order valence-corrected chi connectivity index (χ0v) is 8.60. The summed E-state index contributed by atoms with van der Waals surface area (Å²) in [4.78, 5) is 0. The molecule has 0 unspecified atom stereocenters. The van der Waals surface area contributed by atoms with Crippen LogP contribution in [0, 0.1) is 5.21 Å². The lowest BCUT2D eigenvalue weighted by molar-refractivity contribution is -0.469. The summed E-state index contributed by atoms with van der Waals surface area (Å²) in [5, 5.41) is 11.3. The summed E-state index contributed by atoms with van der Waals surface area (Å²) >= 11 is 0. The van der Waals surface area contributed by atoms with E-state index in [1.165, 1.54) is 0 Å². The molecule has 0 bridgehead atoms. The normalized spacial score (nSPS) is 11.1. The Morgan fingerprint density at radius 3 is 2.50 bits per heavy atom. The predicted molar refractivity (Wildman–Crippen MR) is 59.3 cm³/mol. The molecular formula is C12H15NO. The van der Waals surface area contributed by atoms with E-state index in [4.69, 9.17) is 0 Å². The van der Waals surface area contributed by atoms with Gasteiger partial charge in [0.2, 0.25) is 0 Å². The van der Waals surface area contributed by atoms with Crippen LogP contribution in [0.4, 0.5) is 0 Å². The van der Waals surface area contributed by atoms with E-state index in [0.717, 1.165) is 15.9 Å². The van der Waals surface area contributed by atoms with Crippen molar-refractivity contribution in [3.63, 3.8) is 0 Å². The molecule has 0 aliphatic carbocycles. The molecule has 0 fully saturated rings. The van der Waals surface area contributed by atoms with E-state index in [1.54, 1.807) is 6.21 Å². The lowest BCUT2D eigenvalue weighted by atomic mass is 10.2. The van der Waals surface area contributed by atoms with Crippen molar-refractivity contribution in [1.82, 2.24) is 0 Å². The van der Waals surface area contributed by atoms with Gasteiger partial charge in [-0.05, 0) is 13.8 Å². The SMILES string of the molecule is CC(C)=C/C=[N+](\[O-])Cc1ccccc1. The van der Waals surface area contributed by atoms with E-state index in [2.05, 4.69) is 0 Å². The number of rotatable bonds is 3. The molecule has 0 N–H and O–H groups in total. The molecule has 0 radical (unpaired) electrons. The summed E-state index contributed by atoms with van der Waals surface area (Å²) in [6, 6.07) is 9.70. The summed E-state index contributed by atoms with van der Waals surface area (Å²) in [6.07, 6.45) is 3.37. The van der Waals surface area contributed by atoms with Crippen LogP contribution in [0.15, 0.2) is 42.0 Å². The zero-order chi connectivity index (χ0) is 10.4. The van der Waals surface area contributed by atoms with E-state index in [-0.39, 0.29) is 0 Å². The van der Waals surface area contributed by atoms with Crippen molar-refractivity contribution in [2.24, 2.45) is 0 Å². The van der Waals surface area contributed by atoms with Crippen LogP contribution in [0.1, 0.15) is 19.4 Å². The molecule has 0 amide bonds. The lowest BCUT2D eigenvalue weighted by Crippen LogP contribution is -2.03. The standard InChI is InChI=1S/C12H15NO/c1-11(2)8-9-13(14)10-12-6-4-3-5-7-12/h3-9H,10H2,1-2H3/b13-9-. The highest BCUT2D eigenvalue weighted by Gasteiger charge is 1.94. The Kier molecular flexibility index (Phi) is 3.92. The number of allylic oxidation sites excluding steroid dienone is 2. The molecule has 1 aromatic carbocycles. The first-order valence-electron chi connectivity index (χ1n) is 4.64. The first kappa shape index (κ1) is 10.5. The van der Waals surface area contributed by atoms with Crippen LogP contribution in [-0.2, 0) is 6.54 Å². The zero-order valence-electron chi connectivity index (χ0n) is 8.60. The molecule has 0 saturated heterocycles. The Hall–Kier alpha value is -1.57. The largest absolute Gasteiger partial charge is 0.624 e. The van der Waals surface area contributed by atoms with Crippen molar-refractivity contribution in [2.75, 3.05) is 0 Å². The van der Waals surface area contributed by atoms with E-state index < -0.39 is 0 Å². The van der Waals surface area contributed by atoms with Gasteiger partial charge in [0.15, 0.2) is 12.8 Å². The molecule has 74 valence electrons. The van der Waals surface area contributed by atoms with Crippen molar-refractivity contribution in [2.45, 2.75) is 20.4 Å². The van der Waals surface area contributed by atoms with Gasteiger partial charge in [0, 0.05) is 11.6 Å². The van der Waals surface area contributed by atoms with Crippen molar-refractivity contribution in [1.29, 1.82) is 0 Å². The maximum absolute atomic E-state index is 11.3. The van der Waals surface area contributed by atoms with Gasteiger partial charge >= 0.3 is 0 Å². The third-order valence-electron chi connectivity index (χ3n) is 1.76. The number of hydroxylamine groups is 1. The van der Waals surface area contributed by atoms with Gasteiger partial charge in [-0.1, -0.05) is 35.9 Å². The summed E-state index contributed by atoms with van der Waals surface area (Å²) in [5.74, 6) is 0. The number of nitrogens with zero attached hydrogens (tertiary/aromatic N) is 1. The van der Waals surface area contributed by atoms with Crippen LogP contribution < -0.4 is 0 Å². The second-order valence-corrected chi connectivity index (χ2v) is 3.45. The van der Waals surface area contributed by atoms with Gasteiger partial charge in [-0.3, -0.25) is 0 Å². The summed E-state index contributed by atoms with van der Waals surface area (Å²) in [6.45, 7) is 4.34. The molecule has 0 aromatic heterocycles. The Labute approximate surface area is 84.8 Å². The van der Waals surface area contributed by atoms with Crippen LogP contribution >= 0.6 is 0 Å². The molecule has 0 aliphatic rings. The van der Waals surface area contributed by atoms with Gasteiger partial charge in [-0.15, -0.1) is 0 Å². The fraction of sp³-hybridized carbons (Fsp3) is 0.250. The lowest BCUT2D eigenvalue weighted by Gasteiger charge is -2.02. The molecule has 0 aliphatic heterocycles. The monoisotopic (exact) mass is 189 g/mol. The molecule has 1 aromatic rings. The van der Waals surface area contributed by atoms with Gasteiger partial charge in [-0.25, -0.2) is 4.74 Å². The summed E-state index contributed by atoms with van der Waals surface area (Å²) < 4.78 is 0.933. The minimum absolute atomic E-state index is 0.407. The number of hydrogen-bond donors (Lipinski definition) is 0. The minimum Gasteiger partial charge on any atom is -0.624 e. The van der Waals surface area contributed by atoms with E-state index >= 15 is 0 Å². The van der Waals surface area contributed by atoms with Crippen LogP contribution in [0.25, 0.3) is 0 Å². The highest BCUT2D eigenvalue weighted by atomic mass is 16.5. The quantitative estimate of drug-likeness (QED) is 0.311. The van der Waals surface area contributed by atoms with Crippen molar-refractivity contribution in [3.05, 3.63) is 52.8 Å². The Morgan fingerprint density at radius 2 is 1.93 bits per heavy atom. The van der Waals surface area contributed by atoms with E-state index in [9.17, 15) is 5.21 Å². The molecule has 2 heteroatoms. The Morgan fingerprint density at radius 1 is 1.29 bits per heavy atom. The van der Waals surface area contributed by atoms with Crippen molar-refractivity contribution < 1.29 is 4.74 Å². The maximum atomic E-state index is 11.3. The molecule has 0 heterocycles. The van der Waals surface area contributed by atoms with Crippen molar-refractivity contribution in [3.8, 4) is 0 Å². The van der Waals surface area contributed by atoms with E-state index in [1.807, 2.05) is 50.3 Å². The summed E-state index contributed by atoms with van der Waals surface area (Å²) in [7, 11) is 0. The van der Waals surface area contributed by atoms with Gasteiger partial charge in [0.25, 0.3) is 0 Å². The van der Waals surface area contributed by atoms with Gasteiger partial charge in [0.05, 0.1) is 0 Å². The molecule has 14 heavy (non-hydrogen) atoms. The molecular weight excluding hydrogens is 174 g/mol. The van der Waals surface area contributed by atoms with Crippen LogP contribution in [0.5, 0.6) is 0 Å². The molecule has 0 spiro atoms. The predicted octanol–water partition coefficient (Wildman–Crippen LogP) is 2.73. The van der Waals surface area contributed by atoms with Crippen LogP contribution in [0.3, 0.4) is 0 Å². The van der Waals surface area contributed by atoms with Gasteiger partial charge in [0.1, 0.15) is 0 Å². The Balaban J connectivity index is 2.62. The fourth-order valence-electron chi connectivity index (χ4n) is 1.05. The van der Waals surface area contributed by atoms with Gasteiger partial charge < -0.3 is 5.21 Å². The average molecular weight is 189 g/mol. The third kappa shape index (κ3) is 3.90. The van der Waals surface area contributed by atoms with E-state index in [0.29, 0.717) is 6.54 Å². The second kappa shape index (κ2) is 5.22. The summed E-state index contributed by atoms with van der Waals surface area (Å²) in [5.41, 5.74) is 2.15. The van der Waals surface area contributed by atoms with Crippen LogP contribution in [-0.4, -0.2) is 11.0 Å². The average Bonchev–Trinajstić information content (AvgIpc) is 2.16. The number of hydrogen-bond acceptors (Lipinski definition) is 1. The molecule has 0 atom stereocenters. The second-order valence-electron chi connectivity index (χ2n) is 3.45. The first-order chi connectivity index (χ1) is 6.68.